The molecule has 3 nitrogen and oxygen atoms in total. The number of hydrogen-bond donors (Lipinski definition) is 1. The van der Waals surface area contributed by atoms with E-state index < -0.39 is 20.6 Å². The van der Waals surface area contributed by atoms with E-state index in [-0.39, 0.29) is 0 Å². The van der Waals surface area contributed by atoms with Crippen molar-refractivity contribution < 1.29 is 8.42 Å². The van der Waals surface area contributed by atoms with Crippen molar-refractivity contribution >= 4 is 33.0 Å². The van der Waals surface area contributed by atoms with Gasteiger partial charge >= 0.3 is 0 Å². The van der Waals surface area contributed by atoms with Gasteiger partial charge in [-0.3, -0.25) is 0 Å². The minimum absolute atomic E-state index is 0.318. The van der Waals surface area contributed by atoms with E-state index in [9.17, 15) is 8.42 Å². The summed E-state index contributed by atoms with van der Waals surface area (Å²) < 4.78 is 22.4. The molecule has 0 saturated heterocycles. The summed E-state index contributed by atoms with van der Waals surface area (Å²) in [5, 5.41) is 1.00. The summed E-state index contributed by atoms with van der Waals surface area (Å²) in [4.78, 5) is 0. The molecular weight excluding hydrogens is 293 g/mol. The molecule has 0 bridgehead atoms. The molecule has 0 aliphatic carbocycles. The van der Waals surface area contributed by atoms with Gasteiger partial charge in [0.25, 0.3) is 0 Å². The van der Waals surface area contributed by atoms with E-state index in [1.807, 2.05) is 0 Å². The van der Waals surface area contributed by atoms with Crippen molar-refractivity contribution in [3.05, 3.63) is 33.8 Å². The third kappa shape index (κ3) is 3.18. The van der Waals surface area contributed by atoms with Crippen LogP contribution < -0.4 is 5.73 Å². The van der Waals surface area contributed by atoms with Crippen molar-refractivity contribution in [3.8, 4) is 0 Å². The van der Waals surface area contributed by atoms with Crippen LogP contribution in [0.25, 0.3) is 0 Å². The second-order valence-corrected chi connectivity index (χ2v) is 8.30. The zero-order chi connectivity index (χ0) is 14.1. The van der Waals surface area contributed by atoms with Crippen LogP contribution in [0.1, 0.15) is 19.4 Å². The van der Waals surface area contributed by atoms with Crippen LogP contribution in [-0.2, 0) is 16.3 Å². The lowest BCUT2D eigenvalue weighted by Crippen LogP contribution is -2.50. The largest absolute Gasteiger partial charge is 0.326 e. The van der Waals surface area contributed by atoms with E-state index in [1.165, 1.54) is 6.26 Å². The van der Waals surface area contributed by atoms with E-state index in [0.29, 0.717) is 22.0 Å². The summed E-state index contributed by atoms with van der Waals surface area (Å²) in [5.41, 5.74) is 6.70. The standard InChI is InChI=1S/C12H17Cl2NO2S/c1-12(2,18(3,16)17)11(15)7-8-9(13)5-4-6-10(8)14/h4-6,11H,7,15H2,1-3H3. The molecule has 0 spiro atoms. The Hall–Kier alpha value is -0.290. The second kappa shape index (κ2) is 5.37. The molecule has 0 aliphatic rings. The molecule has 0 heterocycles. The van der Waals surface area contributed by atoms with Gasteiger partial charge in [-0.05, 0) is 38.0 Å². The molecule has 1 aromatic rings. The molecule has 0 saturated carbocycles. The highest BCUT2D eigenvalue weighted by Gasteiger charge is 2.37. The molecule has 6 heteroatoms. The molecule has 1 aromatic carbocycles. The van der Waals surface area contributed by atoms with E-state index in [1.54, 1.807) is 32.0 Å². The summed E-state index contributed by atoms with van der Waals surface area (Å²) in [6.07, 6.45) is 1.50. The van der Waals surface area contributed by atoms with Crippen LogP contribution in [0.2, 0.25) is 10.0 Å². The van der Waals surface area contributed by atoms with Crippen LogP contribution in [0.15, 0.2) is 18.2 Å². The fourth-order valence-electron chi connectivity index (χ4n) is 1.47. The van der Waals surface area contributed by atoms with Gasteiger partial charge in [0.2, 0.25) is 0 Å². The second-order valence-electron chi connectivity index (χ2n) is 4.89. The first-order chi connectivity index (χ1) is 8.07. The first kappa shape index (κ1) is 15.8. The summed E-state index contributed by atoms with van der Waals surface area (Å²) in [6.45, 7) is 3.22. The van der Waals surface area contributed by atoms with E-state index in [0.717, 1.165) is 0 Å². The number of halogens is 2. The predicted octanol–water partition coefficient (Wildman–Crippen LogP) is 2.69. The molecule has 18 heavy (non-hydrogen) atoms. The van der Waals surface area contributed by atoms with Crippen molar-refractivity contribution in [1.82, 2.24) is 0 Å². The molecule has 0 fully saturated rings. The van der Waals surface area contributed by atoms with E-state index >= 15 is 0 Å². The number of hydrogen-bond acceptors (Lipinski definition) is 3. The van der Waals surface area contributed by atoms with Gasteiger partial charge in [-0.2, -0.15) is 0 Å². The van der Waals surface area contributed by atoms with Gasteiger partial charge in [0.05, 0.1) is 4.75 Å². The van der Waals surface area contributed by atoms with Crippen LogP contribution in [0.3, 0.4) is 0 Å². The Morgan fingerprint density at radius 2 is 1.72 bits per heavy atom. The van der Waals surface area contributed by atoms with Crippen LogP contribution in [-0.4, -0.2) is 25.5 Å². The van der Waals surface area contributed by atoms with Gasteiger partial charge in [-0.1, -0.05) is 29.3 Å². The fourth-order valence-corrected chi connectivity index (χ4v) is 2.65. The molecule has 1 atom stereocenters. The highest BCUT2D eigenvalue weighted by atomic mass is 35.5. The number of nitrogens with two attached hydrogens (primary N) is 1. The first-order valence-electron chi connectivity index (χ1n) is 5.45. The SMILES string of the molecule is CC(C)(C(N)Cc1c(Cl)cccc1Cl)S(C)(=O)=O. The summed E-state index contributed by atoms with van der Waals surface area (Å²) in [6, 6.07) is 4.58. The Bertz CT molecular complexity index is 521. The molecular formula is C12H17Cl2NO2S. The zero-order valence-corrected chi connectivity index (χ0v) is 12.9. The van der Waals surface area contributed by atoms with Gasteiger partial charge in [0.1, 0.15) is 0 Å². The highest BCUT2D eigenvalue weighted by Crippen LogP contribution is 2.29. The maximum Gasteiger partial charge on any atom is 0.154 e. The van der Waals surface area contributed by atoms with Crippen molar-refractivity contribution in [2.45, 2.75) is 31.1 Å². The monoisotopic (exact) mass is 309 g/mol. The van der Waals surface area contributed by atoms with Crippen LogP contribution in [0.5, 0.6) is 0 Å². The Morgan fingerprint density at radius 3 is 2.11 bits per heavy atom. The maximum atomic E-state index is 11.7. The lowest BCUT2D eigenvalue weighted by atomic mass is 9.96. The molecule has 0 amide bonds. The van der Waals surface area contributed by atoms with Crippen LogP contribution in [0.4, 0.5) is 0 Å². The molecule has 102 valence electrons. The summed E-state index contributed by atoms with van der Waals surface area (Å²) in [7, 11) is -3.26. The number of rotatable bonds is 4. The number of sulfone groups is 1. The van der Waals surface area contributed by atoms with Crippen molar-refractivity contribution in [3.63, 3.8) is 0 Å². The Labute approximate surface area is 118 Å². The third-order valence-corrected chi connectivity index (χ3v) is 6.26. The van der Waals surface area contributed by atoms with Gasteiger partial charge in [-0.15, -0.1) is 0 Å². The molecule has 0 aliphatic heterocycles. The Balaban J connectivity index is 3.06. The average Bonchev–Trinajstić information content (AvgIpc) is 2.21. The van der Waals surface area contributed by atoms with Gasteiger partial charge in [0.15, 0.2) is 9.84 Å². The minimum atomic E-state index is -3.26. The third-order valence-electron chi connectivity index (χ3n) is 3.33. The Kier molecular flexibility index (Phi) is 4.70. The van der Waals surface area contributed by atoms with Crippen molar-refractivity contribution in [2.75, 3.05) is 6.26 Å². The predicted molar refractivity (Wildman–Crippen MR) is 77.1 cm³/mol. The van der Waals surface area contributed by atoms with Crippen LogP contribution in [0, 0.1) is 0 Å². The smallest absolute Gasteiger partial charge is 0.154 e. The van der Waals surface area contributed by atoms with Gasteiger partial charge in [-0.25, -0.2) is 8.42 Å². The molecule has 2 N–H and O–H groups in total. The number of benzene rings is 1. The normalized spacial score (nSPS) is 14.6. The lowest BCUT2D eigenvalue weighted by molar-refractivity contribution is 0.482. The first-order valence-corrected chi connectivity index (χ1v) is 8.10. The minimum Gasteiger partial charge on any atom is -0.326 e. The summed E-state index contributed by atoms with van der Waals surface area (Å²) >= 11 is 12.1. The zero-order valence-electron chi connectivity index (χ0n) is 10.6. The maximum absolute atomic E-state index is 11.7. The summed E-state index contributed by atoms with van der Waals surface area (Å²) in [5.74, 6) is 0. The molecule has 0 aromatic heterocycles. The van der Waals surface area contributed by atoms with E-state index in [2.05, 4.69) is 0 Å². The fraction of sp³-hybridized carbons (Fsp3) is 0.500. The highest BCUT2D eigenvalue weighted by molar-refractivity contribution is 7.92. The van der Waals surface area contributed by atoms with Crippen LogP contribution >= 0.6 is 23.2 Å². The van der Waals surface area contributed by atoms with Crippen molar-refractivity contribution in [2.24, 2.45) is 5.73 Å². The Morgan fingerprint density at radius 1 is 1.28 bits per heavy atom. The average molecular weight is 310 g/mol. The van der Waals surface area contributed by atoms with Gasteiger partial charge < -0.3 is 5.73 Å². The molecule has 0 radical (unpaired) electrons. The molecule has 1 unspecified atom stereocenters. The van der Waals surface area contributed by atoms with Crippen molar-refractivity contribution in [1.29, 1.82) is 0 Å². The lowest BCUT2D eigenvalue weighted by Gasteiger charge is -2.30. The quantitative estimate of drug-likeness (QED) is 0.930. The van der Waals surface area contributed by atoms with E-state index in [4.69, 9.17) is 28.9 Å². The van der Waals surface area contributed by atoms with Gasteiger partial charge in [0, 0.05) is 22.3 Å². The molecule has 1 rings (SSSR count). The topological polar surface area (TPSA) is 60.2 Å².